The third-order valence-electron chi connectivity index (χ3n) is 10.8. The number of nitrogens with zero attached hydrogens (tertiary/aromatic N) is 1. The SMILES string of the molecule is Cc1ccc2cc(C(C)C)c3c(N4c5ccccc5C(C)(C)c5cc6c(cc54)sc4ccccc46)ccc4cc(C(C)C)c1c2c43. The van der Waals surface area contributed by atoms with Gasteiger partial charge in [0.15, 0.2) is 0 Å². The van der Waals surface area contributed by atoms with Crippen molar-refractivity contribution in [2.24, 2.45) is 0 Å². The van der Waals surface area contributed by atoms with E-state index >= 15 is 0 Å². The van der Waals surface area contributed by atoms with E-state index in [2.05, 4.69) is 150 Å². The molecule has 1 aliphatic heterocycles. The highest BCUT2D eigenvalue weighted by atomic mass is 32.1. The highest BCUT2D eigenvalue weighted by molar-refractivity contribution is 7.25. The summed E-state index contributed by atoms with van der Waals surface area (Å²) in [6.45, 7) is 16.5. The highest BCUT2D eigenvalue weighted by Crippen LogP contribution is 2.56. The Balaban J connectivity index is 1.46. The molecule has 1 aliphatic rings. The zero-order valence-electron chi connectivity index (χ0n) is 27.7. The molecule has 0 bridgehead atoms. The van der Waals surface area contributed by atoms with Crippen LogP contribution in [0.25, 0.3) is 52.5 Å². The Hall–Kier alpha value is -4.40. The van der Waals surface area contributed by atoms with Crippen molar-refractivity contribution in [1.29, 1.82) is 0 Å². The van der Waals surface area contributed by atoms with E-state index in [-0.39, 0.29) is 5.41 Å². The van der Waals surface area contributed by atoms with E-state index in [9.17, 15) is 0 Å². The summed E-state index contributed by atoms with van der Waals surface area (Å²) in [5, 5.41) is 11.1. The lowest BCUT2D eigenvalue weighted by Crippen LogP contribution is -2.30. The first kappa shape index (κ1) is 27.9. The molecular formula is C44H39NS. The summed E-state index contributed by atoms with van der Waals surface area (Å²) in [5.74, 6) is 0.823. The van der Waals surface area contributed by atoms with E-state index in [0.29, 0.717) is 11.8 Å². The Morgan fingerprint density at radius 3 is 1.96 bits per heavy atom. The standard InChI is InChI=1S/C44H39NS/c1-24(2)30-20-28-18-19-36(43-31(25(3)4)21-27-17-16-26(5)40(30)41(27)42(28)43)45-35-14-10-9-13-33(35)44(6,7)34-22-32-29-12-8-11-15-38(29)46-39(32)23-37(34)45/h8-25H,1-7H3. The number of rotatable bonds is 3. The van der Waals surface area contributed by atoms with Crippen molar-refractivity contribution in [2.75, 3.05) is 4.90 Å². The Labute approximate surface area is 275 Å². The lowest BCUT2D eigenvalue weighted by molar-refractivity contribution is 0.633. The second kappa shape index (κ2) is 9.56. The molecule has 0 saturated carbocycles. The molecule has 0 amide bonds. The molecule has 1 nitrogen and oxygen atoms in total. The zero-order valence-corrected chi connectivity index (χ0v) is 28.6. The van der Waals surface area contributed by atoms with Gasteiger partial charge in [-0.15, -0.1) is 11.3 Å². The third kappa shape index (κ3) is 3.62. The Kier molecular flexibility index (Phi) is 5.79. The Morgan fingerprint density at radius 1 is 0.543 bits per heavy atom. The molecule has 0 radical (unpaired) electrons. The summed E-state index contributed by atoms with van der Waals surface area (Å²) < 4.78 is 2.70. The van der Waals surface area contributed by atoms with Crippen LogP contribution in [0.15, 0.2) is 97.1 Å². The maximum Gasteiger partial charge on any atom is 0.0543 e. The van der Waals surface area contributed by atoms with Gasteiger partial charge in [0, 0.05) is 31.0 Å². The van der Waals surface area contributed by atoms with Gasteiger partial charge in [-0.25, -0.2) is 0 Å². The van der Waals surface area contributed by atoms with E-state index in [1.54, 1.807) is 0 Å². The molecule has 0 saturated heterocycles. The molecule has 226 valence electrons. The summed E-state index contributed by atoms with van der Waals surface area (Å²) in [6, 6.07) is 37.4. The van der Waals surface area contributed by atoms with Gasteiger partial charge in [-0.2, -0.15) is 0 Å². The van der Waals surface area contributed by atoms with Crippen molar-refractivity contribution >= 4 is 80.9 Å². The van der Waals surface area contributed by atoms with Crippen molar-refractivity contribution < 1.29 is 0 Å². The van der Waals surface area contributed by atoms with Crippen molar-refractivity contribution in [3.8, 4) is 0 Å². The normalized spacial score (nSPS) is 14.5. The van der Waals surface area contributed by atoms with Crippen LogP contribution in [0, 0.1) is 6.92 Å². The second-order valence-corrected chi connectivity index (χ2v) is 15.7. The largest absolute Gasteiger partial charge is 0.309 e. The van der Waals surface area contributed by atoms with E-state index in [1.165, 1.54) is 97.4 Å². The predicted molar refractivity (Wildman–Crippen MR) is 203 cm³/mol. The minimum Gasteiger partial charge on any atom is -0.309 e. The maximum atomic E-state index is 2.60. The lowest BCUT2D eigenvalue weighted by Gasteiger charge is -2.42. The number of aryl methyl sites for hydroxylation is 1. The first-order valence-electron chi connectivity index (χ1n) is 16.8. The van der Waals surface area contributed by atoms with Crippen LogP contribution in [0.3, 0.4) is 0 Å². The van der Waals surface area contributed by atoms with Gasteiger partial charge in [-0.3, -0.25) is 0 Å². The molecule has 0 unspecified atom stereocenters. The molecule has 2 heteroatoms. The molecule has 7 aromatic carbocycles. The molecule has 2 heterocycles. The average Bonchev–Trinajstić information content (AvgIpc) is 3.41. The van der Waals surface area contributed by atoms with Crippen molar-refractivity contribution in [2.45, 2.75) is 65.7 Å². The molecule has 9 rings (SSSR count). The van der Waals surface area contributed by atoms with Crippen LogP contribution < -0.4 is 4.90 Å². The summed E-state index contributed by atoms with van der Waals surface area (Å²) in [4.78, 5) is 2.60. The fraction of sp³-hybridized carbons (Fsp3) is 0.227. The summed E-state index contributed by atoms with van der Waals surface area (Å²) in [5.41, 5.74) is 10.7. The van der Waals surface area contributed by atoms with Crippen LogP contribution in [0.4, 0.5) is 17.1 Å². The maximum absolute atomic E-state index is 2.60. The number of hydrogen-bond donors (Lipinski definition) is 0. The summed E-state index contributed by atoms with van der Waals surface area (Å²) in [6.07, 6.45) is 0. The monoisotopic (exact) mass is 613 g/mol. The molecule has 46 heavy (non-hydrogen) atoms. The van der Waals surface area contributed by atoms with Gasteiger partial charge in [0.2, 0.25) is 0 Å². The van der Waals surface area contributed by atoms with Gasteiger partial charge < -0.3 is 4.90 Å². The molecule has 0 fully saturated rings. The van der Waals surface area contributed by atoms with Gasteiger partial charge in [-0.05, 0) is 104 Å². The van der Waals surface area contributed by atoms with Crippen molar-refractivity contribution in [1.82, 2.24) is 0 Å². The number of benzene rings is 7. The summed E-state index contributed by atoms with van der Waals surface area (Å²) >= 11 is 1.91. The third-order valence-corrected chi connectivity index (χ3v) is 12.0. The van der Waals surface area contributed by atoms with Crippen LogP contribution in [0.2, 0.25) is 0 Å². The number of thiophene rings is 1. The number of anilines is 3. The molecular weight excluding hydrogens is 575 g/mol. The van der Waals surface area contributed by atoms with Crippen LogP contribution in [0.1, 0.15) is 81.2 Å². The summed E-state index contributed by atoms with van der Waals surface area (Å²) in [7, 11) is 0. The predicted octanol–water partition coefficient (Wildman–Crippen LogP) is 13.6. The highest BCUT2D eigenvalue weighted by Gasteiger charge is 2.38. The van der Waals surface area contributed by atoms with Crippen molar-refractivity contribution in [3.63, 3.8) is 0 Å². The number of fused-ring (bicyclic) bond motifs is 5. The zero-order chi connectivity index (χ0) is 31.6. The Morgan fingerprint density at radius 2 is 1.20 bits per heavy atom. The lowest BCUT2D eigenvalue weighted by atomic mass is 9.73. The van der Waals surface area contributed by atoms with Gasteiger partial charge in [0.1, 0.15) is 0 Å². The fourth-order valence-corrected chi connectivity index (χ4v) is 9.65. The molecule has 0 atom stereocenters. The first-order valence-corrected chi connectivity index (χ1v) is 17.6. The minimum atomic E-state index is -0.145. The van der Waals surface area contributed by atoms with E-state index in [1.807, 2.05) is 11.3 Å². The number of para-hydroxylation sites is 1. The Bertz CT molecular complexity index is 2530. The van der Waals surface area contributed by atoms with Crippen LogP contribution in [-0.4, -0.2) is 0 Å². The first-order chi connectivity index (χ1) is 22.1. The molecule has 8 aromatic rings. The van der Waals surface area contributed by atoms with E-state index in [4.69, 9.17) is 0 Å². The molecule has 0 N–H and O–H groups in total. The average molecular weight is 614 g/mol. The topological polar surface area (TPSA) is 3.24 Å². The van der Waals surface area contributed by atoms with E-state index < -0.39 is 0 Å². The van der Waals surface area contributed by atoms with Gasteiger partial charge in [-0.1, -0.05) is 108 Å². The molecule has 0 aliphatic carbocycles. The minimum absolute atomic E-state index is 0.145. The van der Waals surface area contributed by atoms with Crippen LogP contribution >= 0.6 is 11.3 Å². The van der Waals surface area contributed by atoms with Crippen LogP contribution in [0.5, 0.6) is 0 Å². The fourth-order valence-electron chi connectivity index (χ4n) is 8.53. The van der Waals surface area contributed by atoms with Crippen LogP contribution in [-0.2, 0) is 5.41 Å². The van der Waals surface area contributed by atoms with E-state index in [0.717, 1.165) is 0 Å². The molecule has 0 spiro atoms. The van der Waals surface area contributed by atoms with Gasteiger partial charge in [0.25, 0.3) is 0 Å². The smallest absolute Gasteiger partial charge is 0.0543 e. The second-order valence-electron chi connectivity index (χ2n) is 14.6. The quantitative estimate of drug-likeness (QED) is 0.179. The van der Waals surface area contributed by atoms with Gasteiger partial charge >= 0.3 is 0 Å². The molecule has 1 aromatic heterocycles. The number of hydrogen-bond acceptors (Lipinski definition) is 2. The van der Waals surface area contributed by atoms with Crippen molar-refractivity contribution in [3.05, 3.63) is 125 Å². The van der Waals surface area contributed by atoms with Gasteiger partial charge in [0.05, 0.1) is 17.1 Å².